The molecule has 0 spiro atoms. The van der Waals surface area contributed by atoms with E-state index in [4.69, 9.17) is 4.74 Å². The summed E-state index contributed by atoms with van der Waals surface area (Å²) < 4.78 is 5.20. The molecule has 1 aliphatic carbocycles. The van der Waals surface area contributed by atoms with Crippen LogP contribution in [0.3, 0.4) is 0 Å². The maximum Gasteiger partial charge on any atom is 0.258 e. The number of carbonyl (C=O) groups excluding carboxylic acids is 2. The van der Waals surface area contributed by atoms with Gasteiger partial charge in [0.2, 0.25) is 5.95 Å². The third kappa shape index (κ3) is 3.87. The summed E-state index contributed by atoms with van der Waals surface area (Å²) in [6.07, 6.45) is 2.54. The molecule has 0 bridgehead atoms. The van der Waals surface area contributed by atoms with Crippen molar-refractivity contribution in [2.75, 3.05) is 12.4 Å². The van der Waals surface area contributed by atoms with Crippen LogP contribution in [0.4, 0.5) is 5.95 Å². The van der Waals surface area contributed by atoms with Gasteiger partial charge in [-0.2, -0.15) is 0 Å². The molecule has 29 heavy (non-hydrogen) atoms. The van der Waals surface area contributed by atoms with E-state index in [1.54, 1.807) is 13.2 Å². The molecule has 6 heteroatoms. The number of fused-ring (bicyclic) bond motifs is 1. The quantitative estimate of drug-likeness (QED) is 0.733. The number of benzene rings is 2. The lowest BCUT2D eigenvalue weighted by molar-refractivity contribution is 0.0962. The largest absolute Gasteiger partial charge is 0.497 e. The summed E-state index contributed by atoms with van der Waals surface area (Å²) in [6, 6.07) is 15.1. The minimum Gasteiger partial charge on any atom is -0.497 e. The Morgan fingerprint density at radius 3 is 2.59 bits per heavy atom. The van der Waals surface area contributed by atoms with E-state index in [2.05, 4.69) is 15.3 Å². The van der Waals surface area contributed by atoms with Crippen LogP contribution < -0.4 is 10.1 Å². The van der Waals surface area contributed by atoms with Crippen LogP contribution in [0.5, 0.6) is 5.75 Å². The molecule has 1 aliphatic rings. The number of methoxy groups -OCH3 is 1. The lowest BCUT2D eigenvalue weighted by atomic mass is 9.82. The number of hydrogen-bond acceptors (Lipinski definition) is 5. The number of rotatable bonds is 4. The van der Waals surface area contributed by atoms with Gasteiger partial charge in [0.05, 0.1) is 18.4 Å². The van der Waals surface area contributed by atoms with Crippen LogP contribution >= 0.6 is 0 Å². The third-order valence-electron chi connectivity index (χ3n) is 5.24. The fourth-order valence-corrected chi connectivity index (χ4v) is 3.61. The molecular formula is C23H21N3O3. The van der Waals surface area contributed by atoms with Gasteiger partial charge in [-0.25, -0.2) is 9.97 Å². The van der Waals surface area contributed by atoms with Crippen LogP contribution in [0, 0.1) is 6.92 Å². The Labute approximate surface area is 169 Å². The highest BCUT2D eigenvalue weighted by atomic mass is 16.5. The van der Waals surface area contributed by atoms with Gasteiger partial charge in [-0.05, 0) is 48.6 Å². The van der Waals surface area contributed by atoms with Gasteiger partial charge >= 0.3 is 0 Å². The lowest BCUT2D eigenvalue weighted by Crippen LogP contribution is -2.22. The minimum atomic E-state index is -0.267. The number of anilines is 1. The first kappa shape index (κ1) is 18.8. The molecule has 0 fully saturated rings. The second kappa shape index (κ2) is 7.83. The van der Waals surface area contributed by atoms with Gasteiger partial charge in [0.1, 0.15) is 5.75 Å². The summed E-state index contributed by atoms with van der Waals surface area (Å²) in [5, 5.41) is 2.74. The first-order chi connectivity index (χ1) is 14.0. The Bertz CT molecular complexity index is 1080. The summed E-state index contributed by atoms with van der Waals surface area (Å²) in [4.78, 5) is 33.8. The topological polar surface area (TPSA) is 81.2 Å². The van der Waals surface area contributed by atoms with Crippen molar-refractivity contribution in [3.63, 3.8) is 0 Å². The number of aromatic nitrogens is 2. The molecule has 4 rings (SSSR count). The summed E-state index contributed by atoms with van der Waals surface area (Å²) in [5.74, 6) is 0.775. The second-order valence-electron chi connectivity index (χ2n) is 7.12. The summed E-state index contributed by atoms with van der Waals surface area (Å²) in [7, 11) is 1.62. The Kier molecular flexibility index (Phi) is 5.08. The van der Waals surface area contributed by atoms with E-state index in [0.29, 0.717) is 29.7 Å². The summed E-state index contributed by atoms with van der Waals surface area (Å²) in [6.45, 7) is 1.88. The van der Waals surface area contributed by atoms with E-state index in [9.17, 15) is 9.59 Å². The van der Waals surface area contributed by atoms with Crippen molar-refractivity contribution in [2.45, 2.75) is 25.7 Å². The third-order valence-corrected chi connectivity index (χ3v) is 5.24. The van der Waals surface area contributed by atoms with Gasteiger partial charge in [0.15, 0.2) is 5.78 Å². The van der Waals surface area contributed by atoms with Gasteiger partial charge in [-0.1, -0.05) is 30.3 Å². The lowest BCUT2D eigenvalue weighted by Gasteiger charge is -2.23. The Morgan fingerprint density at radius 1 is 1.10 bits per heavy atom. The maximum atomic E-state index is 12.6. The monoisotopic (exact) mass is 387 g/mol. The van der Waals surface area contributed by atoms with Crippen LogP contribution in [-0.2, 0) is 6.42 Å². The van der Waals surface area contributed by atoms with Gasteiger partial charge < -0.3 is 4.74 Å². The van der Waals surface area contributed by atoms with Crippen molar-refractivity contribution < 1.29 is 14.3 Å². The molecule has 0 saturated carbocycles. The molecule has 1 heterocycles. The van der Waals surface area contributed by atoms with Crippen molar-refractivity contribution in [2.24, 2.45) is 0 Å². The normalized spacial score (nSPS) is 15.5. The average molecular weight is 387 g/mol. The van der Waals surface area contributed by atoms with Crippen molar-refractivity contribution in [3.8, 4) is 5.75 Å². The van der Waals surface area contributed by atoms with E-state index in [1.165, 1.54) is 6.20 Å². The summed E-state index contributed by atoms with van der Waals surface area (Å²) in [5.41, 5.74) is 3.70. The SMILES string of the molecule is COc1ccc([C@@H]2CC(=O)c3cnc(NC(=O)c4ccccc4C)nc3C2)cc1. The Hall–Kier alpha value is -3.54. The first-order valence-electron chi connectivity index (χ1n) is 9.45. The van der Waals surface area contributed by atoms with E-state index in [0.717, 1.165) is 16.9 Å². The van der Waals surface area contributed by atoms with Crippen molar-refractivity contribution in [3.05, 3.63) is 82.7 Å². The molecule has 1 aromatic heterocycles. The number of hydrogen-bond donors (Lipinski definition) is 1. The van der Waals surface area contributed by atoms with Gasteiger partial charge in [0, 0.05) is 18.2 Å². The van der Waals surface area contributed by atoms with Gasteiger partial charge in [0.25, 0.3) is 5.91 Å². The van der Waals surface area contributed by atoms with Crippen LogP contribution in [0.2, 0.25) is 0 Å². The molecule has 0 radical (unpaired) electrons. The highest BCUT2D eigenvalue weighted by Gasteiger charge is 2.28. The Morgan fingerprint density at radius 2 is 1.86 bits per heavy atom. The smallest absolute Gasteiger partial charge is 0.258 e. The van der Waals surface area contributed by atoms with E-state index >= 15 is 0 Å². The second-order valence-corrected chi connectivity index (χ2v) is 7.12. The Balaban J connectivity index is 1.57. The van der Waals surface area contributed by atoms with Crippen LogP contribution in [0.25, 0.3) is 0 Å². The highest BCUT2D eigenvalue weighted by Crippen LogP contribution is 2.32. The van der Waals surface area contributed by atoms with E-state index in [-0.39, 0.29) is 23.6 Å². The molecule has 3 aromatic rings. The average Bonchev–Trinajstić information content (AvgIpc) is 2.73. The highest BCUT2D eigenvalue weighted by molar-refractivity contribution is 6.04. The number of carbonyl (C=O) groups is 2. The molecule has 0 aliphatic heterocycles. The number of ether oxygens (including phenoxy) is 1. The van der Waals surface area contributed by atoms with Crippen molar-refractivity contribution in [1.29, 1.82) is 0 Å². The fourth-order valence-electron chi connectivity index (χ4n) is 3.61. The number of aryl methyl sites for hydroxylation is 1. The van der Waals surface area contributed by atoms with Crippen LogP contribution in [0.15, 0.2) is 54.7 Å². The summed E-state index contributed by atoms with van der Waals surface area (Å²) >= 11 is 0. The molecule has 146 valence electrons. The minimum absolute atomic E-state index is 0.0175. The van der Waals surface area contributed by atoms with E-state index < -0.39 is 0 Å². The molecule has 1 atom stereocenters. The number of ketones is 1. The van der Waals surface area contributed by atoms with Crippen molar-refractivity contribution >= 4 is 17.6 Å². The maximum absolute atomic E-state index is 12.6. The standard InChI is InChI=1S/C23H21N3O3/c1-14-5-3-4-6-18(14)22(28)26-23-24-13-19-20(25-23)11-16(12-21(19)27)15-7-9-17(29-2)10-8-15/h3-10,13,16H,11-12H2,1-2H3,(H,24,25,26,28)/t16-/m0/s1. The van der Waals surface area contributed by atoms with Gasteiger partial charge in [-0.3, -0.25) is 14.9 Å². The molecule has 0 unspecified atom stereocenters. The molecule has 0 saturated heterocycles. The van der Waals surface area contributed by atoms with Crippen LogP contribution in [0.1, 0.15) is 49.9 Å². The number of nitrogens with zero attached hydrogens (tertiary/aromatic N) is 2. The molecule has 2 aromatic carbocycles. The number of Topliss-reactive ketones (excluding diaryl/α,β-unsaturated/α-hetero) is 1. The zero-order valence-electron chi connectivity index (χ0n) is 16.3. The molecule has 6 nitrogen and oxygen atoms in total. The van der Waals surface area contributed by atoms with Crippen molar-refractivity contribution in [1.82, 2.24) is 9.97 Å². The number of amides is 1. The fraction of sp³-hybridized carbons (Fsp3) is 0.217. The predicted molar refractivity (Wildman–Crippen MR) is 110 cm³/mol. The predicted octanol–water partition coefficient (Wildman–Crippen LogP) is 3.96. The zero-order valence-corrected chi connectivity index (χ0v) is 16.3. The molecule has 1 N–H and O–H groups in total. The zero-order chi connectivity index (χ0) is 20.4. The van der Waals surface area contributed by atoms with Gasteiger partial charge in [-0.15, -0.1) is 0 Å². The molecular weight excluding hydrogens is 366 g/mol. The number of nitrogens with one attached hydrogen (secondary N) is 1. The van der Waals surface area contributed by atoms with E-state index in [1.807, 2.05) is 49.4 Å². The first-order valence-corrected chi connectivity index (χ1v) is 9.45. The van der Waals surface area contributed by atoms with Crippen LogP contribution in [-0.4, -0.2) is 28.8 Å². The molecule has 1 amide bonds.